The third kappa shape index (κ3) is 5.10. The predicted molar refractivity (Wildman–Crippen MR) is 118 cm³/mol. The number of piperazine rings is 1. The van der Waals surface area contributed by atoms with Crippen molar-refractivity contribution >= 4 is 23.2 Å². The molecule has 0 radical (unpaired) electrons. The molecule has 31 heavy (non-hydrogen) atoms. The van der Waals surface area contributed by atoms with E-state index in [0.717, 1.165) is 49.8 Å². The third-order valence-electron chi connectivity index (χ3n) is 5.36. The maximum atomic E-state index is 12.5. The summed E-state index contributed by atoms with van der Waals surface area (Å²) in [6.45, 7) is 6.11. The number of nitrogens with one attached hydrogen (secondary N) is 1. The molecule has 8 heteroatoms. The first-order chi connectivity index (χ1) is 15.0. The lowest BCUT2D eigenvalue weighted by molar-refractivity contribution is -0.112. The molecule has 0 spiro atoms. The summed E-state index contributed by atoms with van der Waals surface area (Å²) in [6, 6.07) is 13.3. The molecule has 1 amide bonds. The first-order valence-corrected chi connectivity index (χ1v) is 10.4. The van der Waals surface area contributed by atoms with E-state index < -0.39 is 5.91 Å². The second kappa shape index (κ2) is 9.29. The van der Waals surface area contributed by atoms with Gasteiger partial charge < -0.3 is 19.7 Å². The molecule has 1 N–H and O–H groups in total. The van der Waals surface area contributed by atoms with Gasteiger partial charge in [-0.05, 0) is 42.3 Å². The zero-order chi connectivity index (χ0) is 21.8. The number of fused-ring (bicyclic) bond motifs is 1. The molecule has 0 saturated carbocycles. The molecule has 2 heterocycles. The molecule has 0 aromatic heterocycles. The molecule has 1 saturated heterocycles. The quantitative estimate of drug-likeness (QED) is 0.568. The van der Waals surface area contributed by atoms with Gasteiger partial charge in [-0.2, -0.15) is 5.26 Å². The van der Waals surface area contributed by atoms with Gasteiger partial charge in [0, 0.05) is 49.6 Å². The van der Waals surface area contributed by atoms with Gasteiger partial charge in [0.25, 0.3) is 5.91 Å². The Kier molecular flexibility index (Phi) is 6.31. The van der Waals surface area contributed by atoms with Gasteiger partial charge in [0.1, 0.15) is 11.6 Å². The number of rotatable bonds is 5. The molecule has 2 aliphatic heterocycles. The summed E-state index contributed by atoms with van der Waals surface area (Å²) in [5, 5.41) is 12.8. The van der Waals surface area contributed by atoms with Crippen LogP contribution in [0.5, 0.6) is 11.5 Å². The van der Waals surface area contributed by atoms with Gasteiger partial charge in [-0.25, -0.2) is 0 Å². The highest BCUT2D eigenvalue weighted by Crippen LogP contribution is 2.32. The summed E-state index contributed by atoms with van der Waals surface area (Å²) in [5.74, 6) is 1.14. The Hall–Kier alpha value is -3.21. The minimum atomic E-state index is -0.440. The van der Waals surface area contributed by atoms with Crippen LogP contribution in [0.3, 0.4) is 0 Å². The van der Waals surface area contributed by atoms with Crippen LogP contribution in [-0.2, 0) is 11.3 Å². The molecular weight excluding hydrogens is 416 g/mol. The third-order valence-corrected chi connectivity index (χ3v) is 5.76. The van der Waals surface area contributed by atoms with Gasteiger partial charge in [0.05, 0.1) is 0 Å². The smallest absolute Gasteiger partial charge is 0.267 e. The van der Waals surface area contributed by atoms with Crippen LogP contribution < -0.4 is 14.8 Å². The van der Waals surface area contributed by atoms with Crippen LogP contribution in [-0.4, -0.2) is 48.7 Å². The van der Waals surface area contributed by atoms with Gasteiger partial charge in [0.2, 0.25) is 6.79 Å². The van der Waals surface area contributed by atoms with Gasteiger partial charge in [-0.3, -0.25) is 9.69 Å². The van der Waals surface area contributed by atoms with Crippen LogP contribution in [0.4, 0.5) is 5.69 Å². The number of carbonyl (C=O) groups excluding carboxylic acids is 1. The molecule has 2 aromatic carbocycles. The maximum absolute atomic E-state index is 12.5. The summed E-state index contributed by atoms with van der Waals surface area (Å²) in [7, 11) is 0. The van der Waals surface area contributed by atoms with E-state index in [1.165, 1.54) is 5.56 Å². The summed E-state index contributed by atoms with van der Waals surface area (Å²) in [5.41, 5.74) is 2.73. The van der Waals surface area contributed by atoms with Gasteiger partial charge in [-0.15, -0.1) is 0 Å². The maximum Gasteiger partial charge on any atom is 0.267 e. The molecule has 160 valence electrons. The van der Waals surface area contributed by atoms with E-state index in [2.05, 4.69) is 16.3 Å². The van der Waals surface area contributed by atoms with Gasteiger partial charge in [0.15, 0.2) is 11.5 Å². The first-order valence-electron chi connectivity index (χ1n) is 10.1. The molecule has 0 unspecified atom stereocenters. The van der Waals surface area contributed by atoms with Crippen molar-refractivity contribution in [2.45, 2.75) is 13.5 Å². The van der Waals surface area contributed by atoms with Crippen molar-refractivity contribution in [3.8, 4) is 17.6 Å². The predicted octanol–water partition coefficient (Wildman–Crippen LogP) is 3.54. The Bertz CT molecular complexity index is 1060. The summed E-state index contributed by atoms with van der Waals surface area (Å²) in [4.78, 5) is 16.9. The number of nitriles is 1. The number of anilines is 1. The van der Waals surface area contributed by atoms with Crippen molar-refractivity contribution in [2.24, 2.45) is 0 Å². The van der Waals surface area contributed by atoms with E-state index in [9.17, 15) is 10.1 Å². The van der Waals surface area contributed by atoms with Crippen LogP contribution in [0.15, 0.2) is 48.2 Å². The van der Waals surface area contributed by atoms with Gasteiger partial charge in [-0.1, -0.05) is 23.7 Å². The number of nitrogens with zero attached hydrogens (tertiary/aromatic N) is 3. The molecule has 0 atom stereocenters. The average molecular weight is 439 g/mol. The zero-order valence-electron chi connectivity index (χ0n) is 17.2. The standard InChI is InChI=1S/C23H23ClN4O3/c1-16-2-4-19(11-20(16)24)26-23(29)18(12-25)14-28-8-6-27(7-9-28)13-17-3-5-21-22(10-17)31-15-30-21/h2-5,10-11,14H,6-9,13,15H2,1H3,(H,26,29)/b18-14-. The van der Waals surface area contributed by atoms with E-state index in [-0.39, 0.29) is 12.4 Å². The highest BCUT2D eigenvalue weighted by Gasteiger charge is 2.19. The van der Waals surface area contributed by atoms with Crippen LogP contribution in [0.1, 0.15) is 11.1 Å². The number of aryl methyl sites for hydroxylation is 1. The Morgan fingerprint density at radius 1 is 1.16 bits per heavy atom. The van der Waals surface area contributed by atoms with Crippen molar-refractivity contribution in [3.63, 3.8) is 0 Å². The van der Waals surface area contributed by atoms with Crippen LogP contribution >= 0.6 is 11.6 Å². The Balaban J connectivity index is 1.32. The number of carbonyl (C=O) groups is 1. The fourth-order valence-corrected chi connectivity index (χ4v) is 3.72. The number of amides is 1. The van der Waals surface area contributed by atoms with Crippen LogP contribution in [0.25, 0.3) is 0 Å². The fraction of sp³-hybridized carbons (Fsp3) is 0.304. The monoisotopic (exact) mass is 438 g/mol. The van der Waals surface area contributed by atoms with Crippen molar-refractivity contribution in [1.29, 1.82) is 5.26 Å². The minimum Gasteiger partial charge on any atom is -0.454 e. The number of hydrogen-bond acceptors (Lipinski definition) is 6. The lowest BCUT2D eigenvalue weighted by atomic mass is 10.1. The highest BCUT2D eigenvalue weighted by molar-refractivity contribution is 6.31. The normalized spacial score (nSPS) is 16.2. The Morgan fingerprint density at radius 2 is 1.94 bits per heavy atom. The molecular formula is C23H23ClN4O3. The number of benzene rings is 2. The fourth-order valence-electron chi connectivity index (χ4n) is 3.54. The molecule has 2 aliphatic rings. The molecule has 2 aromatic rings. The highest BCUT2D eigenvalue weighted by atomic mass is 35.5. The lowest BCUT2D eigenvalue weighted by Gasteiger charge is -2.34. The average Bonchev–Trinajstić information content (AvgIpc) is 3.23. The summed E-state index contributed by atoms with van der Waals surface area (Å²) in [6.07, 6.45) is 1.64. The van der Waals surface area contributed by atoms with Crippen molar-refractivity contribution in [1.82, 2.24) is 9.80 Å². The van der Waals surface area contributed by atoms with E-state index in [1.807, 2.05) is 36.1 Å². The molecule has 7 nitrogen and oxygen atoms in total. The van der Waals surface area contributed by atoms with Gasteiger partial charge >= 0.3 is 0 Å². The number of hydrogen-bond donors (Lipinski definition) is 1. The van der Waals surface area contributed by atoms with E-state index in [1.54, 1.807) is 18.3 Å². The van der Waals surface area contributed by atoms with Crippen molar-refractivity contribution in [3.05, 3.63) is 64.3 Å². The van der Waals surface area contributed by atoms with E-state index in [4.69, 9.17) is 21.1 Å². The molecule has 1 fully saturated rings. The zero-order valence-corrected chi connectivity index (χ0v) is 18.0. The summed E-state index contributed by atoms with van der Waals surface area (Å²) >= 11 is 6.11. The lowest BCUT2D eigenvalue weighted by Crippen LogP contribution is -2.43. The molecule has 0 aliphatic carbocycles. The first kappa shape index (κ1) is 21.0. The van der Waals surface area contributed by atoms with Crippen molar-refractivity contribution < 1.29 is 14.3 Å². The Morgan fingerprint density at radius 3 is 2.68 bits per heavy atom. The second-order valence-electron chi connectivity index (χ2n) is 7.57. The van der Waals surface area contributed by atoms with Crippen molar-refractivity contribution in [2.75, 3.05) is 38.3 Å². The molecule has 0 bridgehead atoms. The minimum absolute atomic E-state index is 0.0703. The summed E-state index contributed by atoms with van der Waals surface area (Å²) < 4.78 is 10.8. The van der Waals surface area contributed by atoms with E-state index in [0.29, 0.717) is 10.7 Å². The molecule has 4 rings (SSSR count). The number of halogens is 1. The SMILES string of the molecule is Cc1ccc(NC(=O)/C(C#N)=C\N2CCN(Cc3ccc4c(c3)OCO4)CC2)cc1Cl. The Labute approximate surface area is 186 Å². The largest absolute Gasteiger partial charge is 0.454 e. The van der Waals surface area contributed by atoms with E-state index >= 15 is 0 Å². The van der Waals surface area contributed by atoms with Crippen LogP contribution in [0.2, 0.25) is 5.02 Å². The second-order valence-corrected chi connectivity index (χ2v) is 7.98. The topological polar surface area (TPSA) is 77.8 Å². The number of ether oxygens (including phenoxy) is 2. The van der Waals surface area contributed by atoms with Crippen LogP contribution in [0, 0.1) is 18.3 Å².